The Morgan fingerprint density at radius 2 is 2.21 bits per heavy atom. The number of aromatic nitrogens is 2. The van der Waals surface area contributed by atoms with Gasteiger partial charge in [-0.15, -0.1) is 0 Å². The zero-order valence-electron chi connectivity index (χ0n) is 10.4. The Balaban J connectivity index is 1.82. The summed E-state index contributed by atoms with van der Waals surface area (Å²) in [6, 6.07) is 8.28. The van der Waals surface area contributed by atoms with Crippen LogP contribution < -0.4 is 4.90 Å². The van der Waals surface area contributed by atoms with Crippen LogP contribution >= 0.6 is 0 Å². The molecule has 1 aliphatic rings. The van der Waals surface area contributed by atoms with Crippen molar-refractivity contribution in [3.63, 3.8) is 0 Å². The van der Waals surface area contributed by atoms with Crippen LogP contribution in [0.1, 0.15) is 12.0 Å². The quantitative estimate of drug-likeness (QED) is 0.625. The van der Waals surface area contributed by atoms with Gasteiger partial charge >= 0.3 is 5.69 Å². The molecule has 0 atom stereocenters. The summed E-state index contributed by atoms with van der Waals surface area (Å²) < 4.78 is 1.61. The van der Waals surface area contributed by atoms with Crippen LogP contribution in [0.15, 0.2) is 36.7 Å². The summed E-state index contributed by atoms with van der Waals surface area (Å²) >= 11 is 0. The molecule has 0 N–H and O–H groups in total. The van der Waals surface area contributed by atoms with E-state index in [0.717, 1.165) is 19.4 Å². The molecule has 1 aliphatic heterocycles. The van der Waals surface area contributed by atoms with E-state index in [1.807, 2.05) is 12.1 Å². The average molecular weight is 258 g/mol. The third kappa shape index (κ3) is 2.29. The second-order valence-electron chi connectivity index (χ2n) is 4.63. The standard InChI is InChI=1S/C13H14N4O2/c18-17(19)12-8-14-16(9-12)10-15-7-3-5-11-4-1-2-6-13(11)15/h1-2,4,6,8-9H,3,5,7,10H2. The number of hydrogen-bond donors (Lipinski definition) is 0. The lowest BCUT2D eigenvalue weighted by Gasteiger charge is -2.30. The minimum atomic E-state index is -0.423. The van der Waals surface area contributed by atoms with Crippen LogP contribution in [0, 0.1) is 10.1 Å². The van der Waals surface area contributed by atoms with Crippen molar-refractivity contribution in [2.24, 2.45) is 0 Å². The van der Waals surface area contributed by atoms with Gasteiger partial charge in [0.25, 0.3) is 0 Å². The van der Waals surface area contributed by atoms with Crippen molar-refractivity contribution in [3.05, 3.63) is 52.3 Å². The number of aryl methyl sites for hydroxylation is 1. The van der Waals surface area contributed by atoms with Gasteiger partial charge in [-0.2, -0.15) is 5.10 Å². The molecule has 98 valence electrons. The van der Waals surface area contributed by atoms with E-state index < -0.39 is 4.92 Å². The van der Waals surface area contributed by atoms with Crippen molar-refractivity contribution in [1.29, 1.82) is 0 Å². The molecule has 0 spiro atoms. The minimum Gasteiger partial charge on any atom is -0.352 e. The van der Waals surface area contributed by atoms with Crippen molar-refractivity contribution in [1.82, 2.24) is 9.78 Å². The molecule has 0 fully saturated rings. The SMILES string of the molecule is O=[N+]([O-])c1cnn(CN2CCCc3ccccc32)c1. The highest BCUT2D eigenvalue weighted by atomic mass is 16.6. The van der Waals surface area contributed by atoms with E-state index in [2.05, 4.69) is 22.1 Å². The molecule has 6 heteroatoms. The van der Waals surface area contributed by atoms with Crippen molar-refractivity contribution >= 4 is 11.4 Å². The summed E-state index contributed by atoms with van der Waals surface area (Å²) in [6.07, 6.45) is 4.94. The third-order valence-corrected chi connectivity index (χ3v) is 3.35. The first-order chi connectivity index (χ1) is 9.24. The largest absolute Gasteiger partial charge is 0.352 e. The maximum Gasteiger partial charge on any atom is 0.307 e. The van der Waals surface area contributed by atoms with E-state index in [-0.39, 0.29) is 5.69 Å². The van der Waals surface area contributed by atoms with Gasteiger partial charge in [-0.25, -0.2) is 4.68 Å². The van der Waals surface area contributed by atoms with Crippen LogP contribution in [0.5, 0.6) is 0 Å². The van der Waals surface area contributed by atoms with Crippen molar-refractivity contribution in [3.8, 4) is 0 Å². The molecular formula is C13H14N4O2. The van der Waals surface area contributed by atoms with Gasteiger partial charge in [0.05, 0.1) is 4.92 Å². The molecule has 0 aliphatic carbocycles. The molecule has 3 rings (SSSR count). The third-order valence-electron chi connectivity index (χ3n) is 3.35. The number of benzene rings is 1. The van der Waals surface area contributed by atoms with Crippen LogP contribution in [-0.4, -0.2) is 21.2 Å². The molecule has 0 unspecified atom stereocenters. The number of nitro groups is 1. The van der Waals surface area contributed by atoms with Gasteiger partial charge in [-0.1, -0.05) is 18.2 Å². The van der Waals surface area contributed by atoms with Crippen LogP contribution in [0.25, 0.3) is 0 Å². The van der Waals surface area contributed by atoms with Crippen LogP contribution in [0.4, 0.5) is 11.4 Å². The topological polar surface area (TPSA) is 64.2 Å². The maximum absolute atomic E-state index is 10.6. The number of anilines is 1. The molecule has 0 saturated carbocycles. The molecule has 0 amide bonds. The summed E-state index contributed by atoms with van der Waals surface area (Å²) in [5.74, 6) is 0. The van der Waals surface area contributed by atoms with Crippen LogP contribution in [0.3, 0.4) is 0 Å². The molecule has 0 bridgehead atoms. The first-order valence-corrected chi connectivity index (χ1v) is 6.24. The van der Waals surface area contributed by atoms with Crippen molar-refractivity contribution in [2.45, 2.75) is 19.5 Å². The summed E-state index contributed by atoms with van der Waals surface area (Å²) in [7, 11) is 0. The summed E-state index contributed by atoms with van der Waals surface area (Å²) in [5, 5.41) is 14.7. The van der Waals surface area contributed by atoms with Gasteiger partial charge in [0.15, 0.2) is 0 Å². The van der Waals surface area contributed by atoms with Gasteiger partial charge in [-0.3, -0.25) is 10.1 Å². The molecule has 2 heterocycles. The Hall–Kier alpha value is -2.37. The van der Waals surface area contributed by atoms with E-state index in [4.69, 9.17) is 0 Å². The van der Waals surface area contributed by atoms with Crippen molar-refractivity contribution < 1.29 is 4.92 Å². The predicted molar refractivity (Wildman–Crippen MR) is 71.0 cm³/mol. The summed E-state index contributed by atoms with van der Waals surface area (Å²) in [5.41, 5.74) is 2.56. The Morgan fingerprint density at radius 1 is 1.37 bits per heavy atom. The summed E-state index contributed by atoms with van der Waals surface area (Å²) in [4.78, 5) is 12.4. The maximum atomic E-state index is 10.6. The number of fused-ring (bicyclic) bond motifs is 1. The molecule has 6 nitrogen and oxygen atoms in total. The summed E-state index contributed by atoms with van der Waals surface area (Å²) in [6.45, 7) is 1.50. The van der Waals surface area contributed by atoms with Crippen LogP contribution in [-0.2, 0) is 13.1 Å². The van der Waals surface area contributed by atoms with Gasteiger partial charge in [0.1, 0.15) is 19.1 Å². The van der Waals surface area contributed by atoms with E-state index in [9.17, 15) is 10.1 Å². The van der Waals surface area contributed by atoms with E-state index >= 15 is 0 Å². The van der Waals surface area contributed by atoms with Gasteiger partial charge in [0, 0.05) is 12.2 Å². The monoisotopic (exact) mass is 258 g/mol. The molecule has 1 aromatic heterocycles. The zero-order valence-corrected chi connectivity index (χ0v) is 10.4. The zero-order chi connectivity index (χ0) is 13.2. The first kappa shape index (κ1) is 11.7. The number of para-hydroxylation sites is 1. The van der Waals surface area contributed by atoms with Gasteiger partial charge < -0.3 is 4.90 Å². The second kappa shape index (κ2) is 4.72. The first-order valence-electron chi connectivity index (χ1n) is 6.24. The number of nitrogens with zero attached hydrogens (tertiary/aromatic N) is 4. The highest BCUT2D eigenvalue weighted by molar-refractivity contribution is 5.54. The fourth-order valence-corrected chi connectivity index (χ4v) is 2.46. The van der Waals surface area contributed by atoms with E-state index in [1.165, 1.54) is 23.6 Å². The number of rotatable bonds is 3. The van der Waals surface area contributed by atoms with Crippen molar-refractivity contribution in [2.75, 3.05) is 11.4 Å². The Morgan fingerprint density at radius 3 is 3.00 bits per heavy atom. The fraction of sp³-hybridized carbons (Fsp3) is 0.308. The van der Waals surface area contributed by atoms with Gasteiger partial charge in [0.2, 0.25) is 0 Å². The smallest absolute Gasteiger partial charge is 0.307 e. The van der Waals surface area contributed by atoms with Gasteiger partial charge in [-0.05, 0) is 24.5 Å². The highest BCUT2D eigenvalue weighted by Gasteiger charge is 2.17. The van der Waals surface area contributed by atoms with E-state index in [1.54, 1.807) is 4.68 Å². The molecular weight excluding hydrogens is 244 g/mol. The lowest BCUT2D eigenvalue weighted by atomic mass is 10.0. The predicted octanol–water partition coefficient (Wildman–Crippen LogP) is 2.20. The Bertz CT molecular complexity index is 608. The van der Waals surface area contributed by atoms with Crippen LogP contribution in [0.2, 0.25) is 0 Å². The molecule has 2 aromatic rings. The molecule has 19 heavy (non-hydrogen) atoms. The second-order valence-corrected chi connectivity index (χ2v) is 4.63. The average Bonchev–Trinajstić information content (AvgIpc) is 2.88. The lowest BCUT2D eigenvalue weighted by Crippen LogP contribution is -2.31. The van der Waals surface area contributed by atoms with E-state index in [0.29, 0.717) is 6.67 Å². The molecule has 1 aromatic carbocycles. The lowest BCUT2D eigenvalue weighted by molar-refractivity contribution is -0.385. The Kier molecular flexibility index (Phi) is 2.91. The molecule has 0 radical (unpaired) electrons. The fourth-order valence-electron chi connectivity index (χ4n) is 2.46. The highest BCUT2D eigenvalue weighted by Crippen LogP contribution is 2.27. The Labute approximate surface area is 110 Å². The normalized spacial score (nSPS) is 14.2. The number of hydrogen-bond acceptors (Lipinski definition) is 4. The minimum absolute atomic E-state index is 0.0327. The molecule has 0 saturated heterocycles.